The first-order valence-corrected chi connectivity index (χ1v) is 5.11. The molecule has 1 aromatic heterocycles. The summed E-state index contributed by atoms with van der Waals surface area (Å²) in [7, 11) is 0. The molecule has 0 spiro atoms. The van der Waals surface area contributed by atoms with Crippen molar-refractivity contribution in [2.45, 2.75) is 25.9 Å². The highest BCUT2D eigenvalue weighted by Gasteiger charge is 2.25. The molecule has 4 heteroatoms. The Morgan fingerprint density at radius 3 is 2.93 bits per heavy atom. The predicted octanol–water partition coefficient (Wildman–Crippen LogP) is 1.43. The van der Waals surface area contributed by atoms with E-state index in [0.717, 1.165) is 12.7 Å². The van der Waals surface area contributed by atoms with Gasteiger partial charge >= 0.3 is 0 Å². The number of nitrogens with one attached hydrogen (secondary N) is 1. The standard InChI is InChI=1S/C11H17FN2O/c1-3-13-7-5-11(2,15)9-4-6-14-8-10(9)12/h4,6,8,13,15H,3,5,7H2,1-2H3. The maximum Gasteiger partial charge on any atom is 0.147 e. The third-order valence-electron chi connectivity index (χ3n) is 2.39. The van der Waals surface area contributed by atoms with Crippen molar-refractivity contribution in [2.24, 2.45) is 0 Å². The molecule has 0 amide bonds. The van der Waals surface area contributed by atoms with Gasteiger partial charge in [0.2, 0.25) is 0 Å². The van der Waals surface area contributed by atoms with Crippen molar-refractivity contribution in [1.29, 1.82) is 0 Å². The fourth-order valence-corrected chi connectivity index (χ4v) is 1.46. The van der Waals surface area contributed by atoms with E-state index in [2.05, 4.69) is 10.3 Å². The van der Waals surface area contributed by atoms with Crippen molar-refractivity contribution < 1.29 is 9.50 Å². The van der Waals surface area contributed by atoms with Crippen LogP contribution in [0.15, 0.2) is 18.5 Å². The van der Waals surface area contributed by atoms with Crippen molar-refractivity contribution in [1.82, 2.24) is 10.3 Å². The van der Waals surface area contributed by atoms with Gasteiger partial charge in [0.15, 0.2) is 0 Å². The molecule has 1 rings (SSSR count). The zero-order valence-electron chi connectivity index (χ0n) is 9.13. The van der Waals surface area contributed by atoms with Crippen LogP contribution < -0.4 is 5.32 Å². The minimum atomic E-state index is -1.14. The predicted molar refractivity (Wildman–Crippen MR) is 56.9 cm³/mol. The van der Waals surface area contributed by atoms with Gasteiger partial charge in [0.05, 0.1) is 11.8 Å². The summed E-state index contributed by atoms with van der Waals surface area (Å²) in [6.45, 7) is 5.10. The first-order chi connectivity index (χ1) is 7.08. The molecule has 0 radical (unpaired) electrons. The normalized spacial score (nSPS) is 14.9. The van der Waals surface area contributed by atoms with Crippen molar-refractivity contribution >= 4 is 0 Å². The molecule has 1 heterocycles. The van der Waals surface area contributed by atoms with Gasteiger partial charge in [-0.25, -0.2) is 4.39 Å². The fourth-order valence-electron chi connectivity index (χ4n) is 1.46. The minimum absolute atomic E-state index is 0.301. The molecule has 1 unspecified atom stereocenters. The van der Waals surface area contributed by atoms with Crippen LogP contribution in [-0.4, -0.2) is 23.2 Å². The Balaban J connectivity index is 2.72. The average Bonchev–Trinajstić information content (AvgIpc) is 2.18. The monoisotopic (exact) mass is 212 g/mol. The van der Waals surface area contributed by atoms with Crippen molar-refractivity contribution in [3.05, 3.63) is 29.8 Å². The summed E-state index contributed by atoms with van der Waals surface area (Å²) in [6, 6.07) is 1.52. The second-order valence-corrected chi connectivity index (χ2v) is 3.73. The summed E-state index contributed by atoms with van der Waals surface area (Å²) in [4.78, 5) is 3.65. The lowest BCUT2D eigenvalue weighted by Crippen LogP contribution is -2.28. The van der Waals surface area contributed by atoms with Gasteiger partial charge in [-0.05, 0) is 32.5 Å². The van der Waals surface area contributed by atoms with Crippen LogP contribution in [0.2, 0.25) is 0 Å². The molecular weight excluding hydrogens is 195 g/mol. The summed E-state index contributed by atoms with van der Waals surface area (Å²) in [6.07, 6.45) is 3.08. The maximum absolute atomic E-state index is 13.4. The Kier molecular flexibility index (Phi) is 4.17. The van der Waals surface area contributed by atoms with E-state index in [1.807, 2.05) is 6.92 Å². The highest BCUT2D eigenvalue weighted by molar-refractivity contribution is 5.20. The van der Waals surface area contributed by atoms with Gasteiger partial charge in [0, 0.05) is 11.8 Å². The second-order valence-electron chi connectivity index (χ2n) is 3.73. The third kappa shape index (κ3) is 3.25. The van der Waals surface area contributed by atoms with Crippen LogP contribution >= 0.6 is 0 Å². The third-order valence-corrected chi connectivity index (χ3v) is 2.39. The summed E-state index contributed by atoms with van der Waals surface area (Å²) >= 11 is 0. The second kappa shape index (κ2) is 5.19. The van der Waals surface area contributed by atoms with Crippen LogP contribution in [0.5, 0.6) is 0 Å². The van der Waals surface area contributed by atoms with Gasteiger partial charge in [0.25, 0.3) is 0 Å². The zero-order valence-corrected chi connectivity index (χ0v) is 9.13. The zero-order chi connectivity index (χ0) is 11.3. The lowest BCUT2D eigenvalue weighted by atomic mass is 9.93. The molecule has 2 N–H and O–H groups in total. The number of aromatic nitrogens is 1. The number of hydrogen-bond donors (Lipinski definition) is 2. The van der Waals surface area contributed by atoms with Crippen LogP contribution in [0.1, 0.15) is 25.8 Å². The van der Waals surface area contributed by atoms with E-state index in [4.69, 9.17) is 0 Å². The van der Waals surface area contributed by atoms with Crippen LogP contribution in [0.3, 0.4) is 0 Å². The van der Waals surface area contributed by atoms with Crippen LogP contribution in [0.25, 0.3) is 0 Å². The molecule has 0 saturated carbocycles. The molecule has 1 atom stereocenters. The average molecular weight is 212 g/mol. The van der Waals surface area contributed by atoms with E-state index >= 15 is 0 Å². The van der Waals surface area contributed by atoms with Gasteiger partial charge < -0.3 is 10.4 Å². The molecule has 0 aliphatic rings. The molecule has 84 valence electrons. The SMILES string of the molecule is CCNCCC(C)(O)c1ccncc1F. The van der Waals surface area contributed by atoms with E-state index in [9.17, 15) is 9.50 Å². The first-order valence-electron chi connectivity index (χ1n) is 5.11. The van der Waals surface area contributed by atoms with Gasteiger partial charge in [0.1, 0.15) is 5.82 Å². The fraction of sp³-hybridized carbons (Fsp3) is 0.545. The Morgan fingerprint density at radius 1 is 1.60 bits per heavy atom. The summed E-state index contributed by atoms with van der Waals surface area (Å²) in [5, 5.41) is 13.2. The quantitative estimate of drug-likeness (QED) is 0.726. The number of nitrogens with zero attached hydrogens (tertiary/aromatic N) is 1. The number of aliphatic hydroxyl groups is 1. The van der Waals surface area contributed by atoms with Crippen LogP contribution in [0.4, 0.5) is 4.39 Å². The van der Waals surface area contributed by atoms with E-state index < -0.39 is 11.4 Å². The largest absolute Gasteiger partial charge is 0.385 e. The molecule has 0 saturated heterocycles. The van der Waals surface area contributed by atoms with Gasteiger partial charge in [-0.15, -0.1) is 0 Å². The number of hydrogen-bond acceptors (Lipinski definition) is 3. The van der Waals surface area contributed by atoms with E-state index in [-0.39, 0.29) is 0 Å². The molecule has 0 fully saturated rings. The number of halogens is 1. The van der Waals surface area contributed by atoms with E-state index in [1.54, 1.807) is 6.92 Å². The van der Waals surface area contributed by atoms with E-state index in [1.165, 1.54) is 12.3 Å². The van der Waals surface area contributed by atoms with Gasteiger partial charge in [-0.3, -0.25) is 4.98 Å². The van der Waals surface area contributed by atoms with E-state index in [0.29, 0.717) is 18.5 Å². The Labute approximate surface area is 89.4 Å². The molecule has 15 heavy (non-hydrogen) atoms. The van der Waals surface area contributed by atoms with Crippen LogP contribution in [-0.2, 0) is 5.60 Å². The first kappa shape index (κ1) is 12.1. The smallest absolute Gasteiger partial charge is 0.147 e. The van der Waals surface area contributed by atoms with Crippen molar-refractivity contribution in [3.63, 3.8) is 0 Å². The molecule has 0 aromatic carbocycles. The highest BCUT2D eigenvalue weighted by atomic mass is 19.1. The molecule has 1 aromatic rings. The molecule has 0 aliphatic heterocycles. The number of pyridine rings is 1. The highest BCUT2D eigenvalue weighted by Crippen LogP contribution is 2.25. The summed E-state index contributed by atoms with van der Waals surface area (Å²) < 4.78 is 13.4. The molecule has 3 nitrogen and oxygen atoms in total. The Bertz CT molecular complexity index is 315. The van der Waals surface area contributed by atoms with Crippen molar-refractivity contribution in [3.8, 4) is 0 Å². The Hall–Kier alpha value is -1.00. The maximum atomic E-state index is 13.4. The Morgan fingerprint density at radius 2 is 2.33 bits per heavy atom. The lowest BCUT2D eigenvalue weighted by Gasteiger charge is -2.24. The van der Waals surface area contributed by atoms with Gasteiger partial charge in [-0.1, -0.05) is 6.92 Å². The number of rotatable bonds is 5. The topological polar surface area (TPSA) is 45.1 Å². The molecular formula is C11H17FN2O. The summed E-state index contributed by atoms with van der Waals surface area (Å²) in [5.41, 5.74) is -0.842. The van der Waals surface area contributed by atoms with Crippen molar-refractivity contribution in [2.75, 3.05) is 13.1 Å². The summed E-state index contributed by atoms with van der Waals surface area (Å²) in [5.74, 6) is -0.459. The lowest BCUT2D eigenvalue weighted by molar-refractivity contribution is 0.0443. The minimum Gasteiger partial charge on any atom is -0.385 e. The molecule has 0 aliphatic carbocycles. The molecule has 0 bridgehead atoms. The van der Waals surface area contributed by atoms with Crippen LogP contribution in [0, 0.1) is 5.82 Å². The van der Waals surface area contributed by atoms with Gasteiger partial charge in [-0.2, -0.15) is 0 Å².